The van der Waals surface area contributed by atoms with Gasteiger partial charge in [-0.3, -0.25) is 9.36 Å². The van der Waals surface area contributed by atoms with Crippen molar-refractivity contribution in [2.24, 2.45) is 0 Å². The normalized spacial score (nSPS) is 11.3. The van der Waals surface area contributed by atoms with E-state index in [1.165, 1.54) is 0 Å². The third kappa shape index (κ3) is 3.60. The monoisotopic (exact) mass is 292 g/mol. The summed E-state index contributed by atoms with van der Waals surface area (Å²) in [6.07, 6.45) is 2.59. The van der Waals surface area contributed by atoms with Crippen molar-refractivity contribution >= 4 is 5.69 Å². The number of hydrogen-bond donors (Lipinski definition) is 2. The van der Waals surface area contributed by atoms with Crippen LogP contribution in [-0.4, -0.2) is 36.5 Å². The van der Waals surface area contributed by atoms with Crippen LogP contribution in [0.2, 0.25) is 0 Å². The summed E-state index contributed by atoms with van der Waals surface area (Å²) < 4.78 is 3.78. The van der Waals surface area contributed by atoms with Crippen LogP contribution in [0.4, 0.5) is 5.69 Å². The highest BCUT2D eigenvalue weighted by Crippen LogP contribution is 2.22. The molecule has 0 saturated heterocycles. The van der Waals surface area contributed by atoms with Gasteiger partial charge in [-0.1, -0.05) is 5.21 Å². The molecule has 0 bridgehead atoms. The van der Waals surface area contributed by atoms with Gasteiger partial charge in [0.2, 0.25) is 0 Å². The number of aryl methyl sites for hydroxylation is 2. The molecule has 21 heavy (non-hydrogen) atoms. The van der Waals surface area contributed by atoms with Crippen LogP contribution >= 0.6 is 0 Å². The Morgan fingerprint density at radius 3 is 2.71 bits per heavy atom. The number of nitrogens with zero attached hydrogens (tertiary/aromatic N) is 5. The molecule has 0 aliphatic carbocycles. The standard InChI is InChI=1S/C14H24N6O/c1-10(2)20-12(4)14(11(3)17-20)15-8-13-9-19(18-16-13)6-5-7-21/h9-10,15,21H,5-8H2,1-4H3. The molecule has 7 nitrogen and oxygen atoms in total. The molecule has 0 saturated carbocycles. The summed E-state index contributed by atoms with van der Waals surface area (Å²) in [5, 5.41) is 24.9. The maximum atomic E-state index is 8.81. The number of rotatable bonds is 7. The van der Waals surface area contributed by atoms with Crippen molar-refractivity contribution in [2.45, 2.75) is 53.2 Å². The predicted octanol–water partition coefficient (Wildman–Crippen LogP) is 1.67. The molecule has 0 aromatic carbocycles. The van der Waals surface area contributed by atoms with Gasteiger partial charge in [0.1, 0.15) is 5.69 Å². The van der Waals surface area contributed by atoms with Crippen LogP contribution in [0.1, 0.15) is 43.4 Å². The van der Waals surface area contributed by atoms with E-state index in [9.17, 15) is 0 Å². The van der Waals surface area contributed by atoms with E-state index in [1.807, 2.05) is 17.8 Å². The molecule has 0 aliphatic heterocycles. The van der Waals surface area contributed by atoms with Crippen LogP contribution < -0.4 is 5.32 Å². The van der Waals surface area contributed by atoms with Crippen molar-refractivity contribution in [1.29, 1.82) is 0 Å². The van der Waals surface area contributed by atoms with E-state index in [-0.39, 0.29) is 6.61 Å². The predicted molar refractivity (Wildman–Crippen MR) is 81.1 cm³/mol. The summed E-state index contributed by atoms with van der Waals surface area (Å²) in [5.74, 6) is 0. The van der Waals surface area contributed by atoms with Crippen molar-refractivity contribution in [1.82, 2.24) is 24.8 Å². The lowest BCUT2D eigenvalue weighted by Gasteiger charge is -2.09. The quantitative estimate of drug-likeness (QED) is 0.811. The second-order valence-corrected chi connectivity index (χ2v) is 5.49. The number of nitrogens with one attached hydrogen (secondary N) is 1. The van der Waals surface area contributed by atoms with E-state index in [1.54, 1.807) is 4.68 Å². The Kier molecular flexibility index (Phi) is 4.95. The maximum Gasteiger partial charge on any atom is 0.102 e. The molecule has 0 aliphatic rings. The number of aliphatic hydroxyl groups excluding tert-OH is 1. The van der Waals surface area contributed by atoms with Gasteiger partial charge >= 0.3 is 0 Å². The topological polar surface area (TPSA) is 80.8 Å². The Hall–Kier alpha value is -1.89. The molecule has 2 heterocycles. The van der Waals surface area contributed by atoms with Gasteiger partial charge < -0.3 is 10.4 Å². The lowest BCUT2D eigenvalue weighted by atomic mass is 10.3. The first-order valence-electron chi connectivity index (χ1n) is 7.32. The van der Waals surface area contributed by atoms with Gasteiger partial charge in [-0.2, -0.15) is 5.10 Å². The molecule has 7 heteroatoms. The summed E-state index contributed by atoms with van der Waals surface area (Å²) >= 11 is 0. The SMILES string of the molecule is Cc1nn(C(C)C)c(C)c1NCc1cn(CCCO)nn1. The minimum Gasteiger partial charge on any atom is -0.396 e. The Morgan fingerprint density at radius 1 is 1.33 bits per heavy atom. The third-order valence-electron chi connectivity index (χ3n) is 3.39. The molecule has 116 valence electrons. The van der Waals surface area contributed by atoms with Crippen molar-refractivity contribution < 1.29 is 5.11 Å². The molecule has 2 rings (SSSR count). The fourth-order valence-corrected chi connectivity index (χ4v) is 2.36. The average Bonchev–Trinajstić information content (AvgIpc) is 3.00. The zero-order valence-corrected chi connectivity index (χ0v) is 13.2. The van der Waals surface area contributed by atoms with E-state index < -0.39 is 0 Å². The highest BCUT2D eigenvalue weighted by Gasteiger charge is 2.13. The number of hydrogen-bond acceptors (Lipinski definition) is 5. The smallest absolute Gasteiger partial charge is 0.102 e. The van der Waals surface area contributed by atoms with E-state index in [4.69, 9.17) is 5.11 Å². The van der Waals surface area contributed by atoms with Gasteiger partial charge in [0.15, 0.2) is 0 Å². The molecule has 0 spiro atoms. The number of anilines is 1. The summed E-state index contributed by atoms with van der Waals surface area (Å²) in [7, 11) is 0. The number of aromatic nitrogens is 5. The van der Waals surface area contributed by atoms with Crippen LogP contribution in [0.5, 0.6) is 0 Å². The Labute approximate surface area is 125 Å². The van der Waals surface area contributed by atoms with Crippen LogP contribution in [0.15, 0.2) is 6.20 Å². The van der Waals surface area contributed by atoms with Crippen LogP contribution in [0.25, 0.3) is 0 Å². The van der Waals surface area contributed by atoms with Crippen molar-refractivity contribution in [3.63, 3.8) is 0 Å². The minimum atomic E-state index is 0.167. The maximum absolute atomic E-state index is 8.81. The molecule has 0 unspecified atom stereocenters. The van der Waals surface area contributed by atoms with Crippen molar-refractivity contribution in [3.05, 3.63) is 23.3 Å². The molecular formula is C14H24N6O. The van der Waals surface area contributed by atoms with E-state index >= 15 is 0 Å². The first-order chi connectivity index (χ1) is 10.0. The highest BCUT2D eigenvalue weighted by molar-refractivity contribution is 5.52. The van der Waals surface area contributed by atoms with Gasteiger partial charge in [0.05, 0.1) is 29.8 Å². The molecule has 2 N–H and O–H groups in total. The van der Waals surface area contributed by atoms with Gasteiger partial charge in [0, 0.05) is 19.2 Å². The first-order valence-corrected chi connectivity index (χ1v) is 7.32. The van der Waals surface area contributed by atoms with Gasteiger partial charge in [-0.25, -0.2) is 0 Å². The van der Waals surface area contributed by atoms with Gasteiger partial charge in [-0.05, 0) is 34.1 Å². The summed E-state index contributed by atoms with van der Waals surface area (Å²) in [4.78, 5) is 0. The van der Waals surface area contributed by atoms with Crippen LogP contribution in [-0.2, 0) is 13.1 Å². The largest absolute Gasteiger partial charge is 0.396 e. The number of aliphatic hydroxyl groups is 1. The van der Waals surface area contributed by atoms with Gasteiger partial charge in [0.25, 0.3) is 0 Å². The second kappa shape index (κ2) is 6.71. The van der Waals surface area contributed by atoms with Crippen molar-refractivity contribution in [2.75, 3.05) is 11.9 Å². The summed E-state index contributed by atoms with van der Waals surface area (Å²) in [6, 6.07) is 0.346. The molecule has 2 aromatic rings. The minimum absolute atomic E-state index is 0.167. The summed E-state index contributed by atoms with van der Waals surface area (Å²) in [6.45, 7) is 9.79. The lowest BCUT2D eigenvalue weighted by Crippen LogP contribution is -2.06. The fraction of sp³-hybridized carbons (Fsp3) is 0.643. The molecule has 0 radical (unpaired) electrons. The second-order valence-electron chi connectivity index (χ2n) is 5.49. The van der Waals surface area contributed by atoms with Crippen LogP contribution in [0, 0.1) is 13.8 Å². The van der Waals surface area contributed by atoms with Gasteiger partial charge in [-0.15, -0.1) is 5.10 Å². The van der Waals surface area contributed by atoms with E-state index in [0.29, 0.717) is 25.6 Å². The average molecular weight is 292 g/mol. The third-order valence-corrected chi connectivity index (χ3v) is 3.39. The Bertz CT molecular complexity index is 586. The molecule has 0 atom stereocenters. The molecule has 2 aromatic heterocycles. The Morgan fingerprint density at radius 2 is 2.10 bits per heavy atom. The zero-order valence-electron chi connectivity index (χ0n) is 13.2. The molecular weight excluding hydrogens is 268 g/mol. The zero-order chi connectivity index (χ0) is 15.4. The fourth-order valence-electron chi connectivity index (χ4n) is 2.36. The van der Waals surface area contributed by atoms with E-state index in [0.717, 1.165) is 22.8 Å². The van der Waals surface area contributed by atoms with Crippen molar-refractivity contribution in [3.8, 4) is 0 Å². The Balaban J connectivity index is 2.01. The molecule has 0 fully saturated rings. The van der Waals surface area contributed by atoms with Crippen LogP contribution in [0.3, 0.4) is 0 Å². The summed E-state index contributed by atoms with van der Waals surface area (Å²) in [5.41, 5.74) is 4.07. The highest BCUT2D eigenvalue weighted by atomic mass is 16.3. The van der Waals surface area contributed by atoms with E-state index in [2.05, 4.69) is 41.5 Å². The first kappa shape index (κ1) is 15.5. The molecule has 0 amide bonds. The lowest BCUT2D eigenvalue weighted by molar-refractivity contribution is 0.276.